The van der Waals surface area contributed by atoms with Gasteiger partial charge in [0.15, 0.2) is 0 Å². The van der Waals surface area contributed by atoms with Crippen LogP contribution in [0.4, 0.5) is 0 Å². The molecule has 1 aromatic rings. The van der Waals surface area contributed by atoms with E-state index in [0.717, 1.165) is 19.3 Å². The van der Waals surface area contributed by atoms with Crippen LogP contribution < -0.4 is 0 Å². The van der Waals surface area contributed by atoms with Gasteiger partial charge in [0, 0.05) is 13.0 Å². The first-order chi connectivity index (χ1) is 8.81. The Morgan fingerprint density at radius 2 is 2.00 bits per heavy atom. The van der Waals surface area contributed by atoms with E-state index in [9.17, 15) is 5.11 Å². The molecule has 0 bridgehead atoms. The van der Waals surface area contributed by atoms with Crippen molar-refractivity contribution in [3.63, 3.8) is 0 Å². The summed E-state index contributed by atoms with van der Waals surface area (Å²) in [6.07, 6.45) is 2.67. The van der Waals surface area contributed by atoms with Crippen molar-refractivity contribution in [1.29, 1.82) is 0 Å². The van der Waals surface area contributed by atoms with E-state index >= 15 is 0 Å². The van der Waals surface area contributed by atoms with E-state index in [-0.39, 0.29) is 18.1 Å². The lowest BCUT2D eigenvalue weighted by atomic mass is 9.85. The summed E-state index contributed by atoms with van der Waals surface area (Å²) in [5, 5.41) is 10.1. The van der Waals surface area contributed by atoms with Gasteiger partial charge in [0.1, 0.15) is 0 Å². The molecule has 100 valence electrons. The Labute approximate surface area is 109 Å². The third-order valence-electron chi connectivity index (χ3n) is 3.67. The molecular formula is C15H22O3. The van der Waals surface area contributed by atoms with Gasteiger partial charge in [-0.1, -0.05) is 36.8 Å². The molecule has 1 aromatic carbocycles. The Morgan fingerprint density at radius 3 is 2.72 bits per heavy atom. The predicted octanol–water partition coefficient (Wildman–Crippen LogP) is 2.38. The molecule has 1 fully saturated rings. The molecule has 0 spiro atoms. The van der Waals surface area contributed by atoms with E-state index < -0.39 is 0 Å². The second-order valence-electron chi connectivity index (χ2n) is 4.96. The van der Waals surface area contributed by atoms with Crippen LogP contribution in [0.3, 0.4) is 0 Å². The van der Waals surface area contributed by atoms with E-state index in [0.29, 0.717) is 13.2 Å². The second-order valence-corrected chi connectivity index (χ2v) is 4.96. The lowest BCUT2D eigenvalue weighted by molar-refractivity contribution is -0.0871. The van der Waals surface area contributed by atoms with Crippen LogP contribution >= 0.6 is 0 Å². The van der Waals surface area contributed by atoms with Crippen LogP contribution in [0.5, 0.6) is 0 Å². The molecule has 0 aliphatic heterocycles. The van der Waals surface area contributed by atoms with Crippen molar-refractivity contribution in [1.82, 2.24) is 0 Å². The summed E-state index contributed by atoms with van der Waals surface area (Å²) < 4.78 is 11.0. The molecule has 2 rings (SSSR count). The highest BCUT2D eigenvalue weighted by Gasteiger charge is 2.31. The van der Waals surface area contributed by atoms with Gasteiger partial charge >= 0.3 is 0 Å². The van der Waals surface area contributed by atoms with Crippen molar-refractivity contribution in [3.8, 4) is 0 Å². The zero-order valence-corrected chi connectivity index (χ0v) is 10.9. The number of hydrogen-bond acceptors (Lipinski definition) is 3. The van der Waals surface area contributed by atoms with Crippen LogP contribution in [-0.2, 0) is 16.1 Å². The van der Waals surface area contributed by atoms with Crippen molar-refractivity contribution in [2.75, 3.05) is 13.7 Å². The molecule has 0 heterocycles. The average Bonchev–Trinajstić information content (AvgIpc) is 2.42. The first-order valence-corrected chi connectivity index (χ1v) is 6.64. The second kappa shape index (κ2) is 6.88. The lowest BCUT2D eigenvalue weighted by Crippen LogP contribution is -2.40. The summed E-state index contributed by atoms with van der Waals surface area (Å²) in [6.45, 7) is 1.22. The topological polar surface area (TPSA) is 38.7 Å². The van der Waals surface area contributed by atoms with Crippen LogP contribution in [0.15, 0.2) is 30.3 Å². The summed E-state index contributed by atoms with van der Waals surface area (Å²) in [6, 6.07) is 10.1. The molecule has 0 amide bonds. The van der Waals surface area contributed by atoms with E-state index in [2.05, 4.69) is 12.1 Å². The minimum absolute atomic E-state index is 0.0240. The maximum atomic E-state index is 10.1. The zero-order valence-electron chi connectivity index (χ0n) is 10.9. The fourth-order valence-electron chi connectivity index (χ4n) is 2.57. The van der Waals surface area contributed by atoms with Gasteiger partial charge in [-0.05, 0) is 18.4 Å². The van der Waals surface area contributed by atoms with Gasteiger partial charge in [0.2, 0.25) is 0 Å². The quantitative estimate of drug-likeness (QED) is 0.872. The molecule has 1 N–H and O–H groups in total. The zero-order chi connectivity index (χ0) is 12.8. The van der Waals surface area contributed by atoms with E-state index in [1.807, 2.05) is 18.2 Å². The fourth-order valence-corrected chi connectivity index (χ4v) is 2.57. The first kappa shape index (κ1) is 13.5. The van der Waals surface area contributed by atoms with Gasteiger partial charge in [0.05, 0.1) is 25.4 Å². The predicted molar refractivity (Wildman–Crippen MR) is 70.2 cm³/mol. The van der Waals surface area contributed by atoms with Crippen LogP contribution in [0.1, 0.15) is 24.8 Å². The average molecular weight is 250 g/mol. The summed E-state index contributed by atoms with van der Waals surface area (Å²) in [7, 11) is 1.67. The molecule has 1 aliphatic rings. The molecule has 18 heavy (non-hydrogen) atoms. The number of rotatable bonds is 5. The van der Waals surface area contributed by atoms with E-state index in [1.165, 1.54) is 5.56 Å². The SMILES string of the molecule is CO[C@@H]1CCC[C@H](COCc2ccccc2)[C@H]1O. The number of aliphatic hydroxyl groups is 1. The first-order valence-electron chi connectivity index (χ1n) is 6.64. The van der Waals surface area contributed by atoms with Crippen LogP contribution in [-0.4, -0.2) is 31.0 Å². The Morgan fingerprint density at radius 1 is 1.22 bits per heavy atom. The Hall–Kier alpha value is -0.900. The third-order valence-corrected chi connectivity index (χ3v) is 3.67. The molecule has 0 unspecified atom stereocenters. The van der Waals surface area contributed by atoms with Gasteiger partial charge in [-0.2, -0.15) is 0 Å². The molecule has 1 aliphatic carbocycles. The highest BCUT2D eigenvalue weighted by Crippen LogP contribution is 2.27. The van der Waals surface area contributed by atoms with Gasteiger partial charge in [-0.15, -0.1) is 0 Å². The molecule has 1 saturated carbocycles. The number of benzene rings is 1. The van der Waals surface area contributed by atoms with E-state index in [1.54, 1.807) is 7.11 Å². The monoisotopic (exact) mass is 250 g/mol. The third kappa shape index (κ3) is 3.55. The number of aliphatic hydroxyl groups excluding tert-OH is 1. The van der Waals surface area contributed by atoms with Crippen LogP contribution in [0.25, 0.3) is 0 Å². The summed E-state index contributed by atoms with van der Waals surface area (Å²) in [4.78, 5) is 0. The summed E-state index contributed by atoms with van der Waals surface area (Å²) >= 11 is 0. The Kier molecular flexibility index (Phi) is 5.17. The number of ether oxygens (including phenoxy) is 2. The van der Waals surface area contributed by atoms with Gasteiger partial charge in [0.25, 0.3) is 0 Å². The summed E-state index contributed by atoms with van der Waals surface area (Å²) in [5.41, 5.74) is 1.17. The molecule has 3 atom stereocenters. The molecule has 0 aromatic heterocycles. The maximum Gasteiger partial charge on any atom is 0.0851 e. The standard InChI is InChI=1S/C15H22O3/c1-17-14-9-5-8-13(15(14)16)11-18-10-12-6-3-2-4-7-12/h2-4,6-7,13-16H,5,8-11H2,1H3/t13-,14-,15-/m1/s1. The Bertz CT molecular complexity index is 339. The molecular weight excluding hydrogens is 228 g/mol. The van der Waals surface area contributed by atoms with Gasteiger partial charge in [-0.25, -0.2) is 0 Å². The van der Waals surface area contributed by atoms with Crippen molar-refractivity contribution in [2.45, 2.75) is 38.1 Å². The van der Waals surface area contributed by atoms with Crippen molar-refractivity contribution >= 4 is 0 Å². The van der Waals surface area contributed by atoms with E-state index in [4.69, 9.17) is 9.47 Å². The van der Waals surface area contributed by atoms with Crippen LogP contribution in [0.2, 0.25) is 0 Å². The smallest absolute Gasteiger partial charge is 0.0851 e. The van der Waals surface area contributed by atoms with Crippen molar-refractivity contribution in [3.05, 3.63) is 35.9 Å². The largest absolute Gasteiger partial charge is 0.390 e. The summed E-state index contributed by atoms with van der Waals surface area (Å²) in [5.74, 6) is 0.201. The number of hydrogen-bond donors (Lipinski definition) is 1. The van der Waals surface area contributed by atoms with Gasteiger partial charge in [-0.3, -0.25) is 0 Å². The maximum absolute atomic E-state index is 10.1. The Balaban J connectivity index is 1.76. The molecule has 3 heteroatoms. The molecule has 3 nitrogen and oxygen atoms in total. The van der Waals surface area contributed by atoms with Crippen molar-refractivity contribution < 1.29 is 14.6 Å². The van der Waals surface area contributed by atoms with Crippen LogP contribution in [0, 0.1) is 5.92 Å². The lowest BCUT2D eigenvalue weighted by Gasteiger charge is -2.33. The van der Waals surface area contributed by atoms with Crippen molar-refractivity contribution in [2.24, 2.45) is 5.92 Å². The fraction of sp³-hybridized carbons (Fsp3) is 0.600. The van der Waals surface area contributed by atoms with Gasteiger partial charge < -0.3 is 14.6 Å². The normalized spacial score (nSPS) is 28.2. The minimum atomic E-state index is -0.389. The highest BCUT2D eigenvalue weighted by molar-refractivity contribution is 5.13. The minimum Gasteiger partial charge on any atom is -0.390 e. The number of methoxy groups -OCH3 is 1. The highest BCUT2D eigenvalue weighted by atomic mass is 16.5. The molecule has 0 radical (unpaired) electrons. The molecule has 0 saturated heterocycles.